The highest BCUT2D eigenvalue weighted by atomic mass is 16.5. The van der Waals surface area contributed by atoms with E-state index in [4.69, 9.17) is 4.74 Å². The lowest BCUT2D eigenvalue weighted by atomic mass is 9.95. The molecule has 0 spiro atoms. The van der Waals surface area contributed by atoms with E-state index in [1.807, 2.05) is 7.05 Å². The van der Waals surface area contributed by atoms with Crippen molar-refractivity contribution in [2.75, 3.05) is 7.05 Å². The van der Waals surface area contributed by atoms with E-state index in [0.717, 1.165) is 12.2 Å². The molecule has 0 saturated heterocycles. The van der Waals surface area contributed by atoms with Gasteiger partial charge in [0.1, 0.15) is 11.9 Å². The van der Waals surface area contributed by atoms with E-state index in [1.165, 1.54) is 22.3 Å². The summed E-state index contributed by atoms with van der Waals surface area (Å²) in [5.74, 6) is 1.04. The standard InChI is InChI=1S/C18H21NO/c1-12-5-4-6-14(9-12)18(19-3)15-7-8-17-16(11-15)10-13(2)20-17/h4-9,11,13,18-19H,10H2,1-3H3. The van der Waals surface area contributed by atoms with Gasteiger partial charge in [-0.15, -0.1) is 0 Å². The summed E-state index contributed by atoms with van der Waals surface area (Å²) >= 11 is 0. The third-order valence-electron chi connectivity index (χ3n) is 3.92. The van der Waals surface area contributed by atoms with E-state index >= 15 is 0 Å². The van der Waals surface area contributed by atoms with Crippen molar-refractivity contribution < 1.29 is 4.74 Å². The maximum Gasteiger partial charge on any atom is 0.123 e. The van der Waals surface area contributed by atoms with Crippen molar-refractivity contribution in [1.29, 1.82) is 0 Å². The minimum atomic E-state index is 0.233. The van der Waals surface area contributed by atoms with Crippen LogP contribution in [-0.4, -0.2) is 13.2 Å². The molecule has 104 valence electrons. The Bertz CT molecular complexity index is 621. The molecular weight excluding hydrogens is 246 g/mol. The molecule has 2 heteroatoms. The predicted molar refractivity (Wildman–Crippen MR) is 82.3 cm³/mol. The van der Waals surface area contributed by atoms with Gasteiger partial charge in [-0.25, -0.2) is 0 Å². The molecule has 2 unspecified atom stereocenters. The Balaban J connectivity index is 1.96. The number of ether oxygens (including phenoxy) is 1. The highest BCUT2D eigenvalue weighted by molar-refractivity contribution is 5.44. The quantitative estimate of drug-likeness (QED) is 0.917. The second-order valence-electron chi connectivity index (χ2n) is 5.64. The van der Waals surface area contributed by atoms with Crippen LogP contribution < -0.4 is 10.1 Å². The summed E-state index contributed by atoms with van der Waals surface area (Å²) in [6.07, 6.45) is 1.31. The van der Waals surface area contributed by atoms with Crippen molar-refractivity contribution in [3.05, 3.63) is 64.7 Å². The van der Waals surface area contributed by atoms with Crippen molar-refractivity contribution in [3.63, 3.8) is 0 Å². The average molecular weight is 267 g/mol. The Morgan fingerprint density at radius 2 is 1.95 bits per heavy atom. The average Bonchev–Trinajstić information content (AvgIpc) is 2.79. The van der Waals surface area contributed by atoms with E-state index < -0.39 is 0 Å². The molecule has 2 atom stereocenters. The molecule has 1 N–H and O–H groups in total. The topological polar surface area (TPSA) is 21.3 Å². The first-order valence-corrected chi connectivity index (χ1v) is 7.20. The maximum absolute atomic E-state index is 5.78. The first-order valence-electron chi connectivity index (χ1n) is 7.20. The molecule has 0 amide bonds. The second kappa shape index (κ2) is 5.29. The van der Waals surface area contributed by atoms with Crippen LogP contribution in [0, 0.1) is 6.92 Å². The molecule has 3 rings (SSSR count). The van der Waals surface area contributed by atoms with Crippen LogP contribution in [-0.2, 0) is 6.42 Å². The fraction of sp³-hybridized carbons (Fsp3) is 0.333. The molecule has 1 heterocycles. The summed E-state index contributed by atoms with van der Waals surface area (Å²) in [6.45, 7) is 4.25. The van der Waals surface area contributed by atoms with Crippen LogP contribution in [0.25, 0.3) is 0 Å². The van der Waals surface area contributed by atoms with Crippen molar-refractivity contribution in [2.24, 2.45) is 0 Å². The molecule has 0 bridgehead atoms. The van der Waals surface area contributed by atoms with Gasteiger partial charge in [-0.2, -0.15) is 0 Å². The zero-order valence-electron chi connectivity index (χ0n) is 12.3. The maximum atomic E-state index is 5.78. The van der Waals surface area contributed by atoms with Crippen molar-refractivity contribution in [3.8, 4) is 5.75 Å². The molecule has 1 aliphatic heterocycles. The third kappa shape index (κ3) is 2.44. The number of fused-ring (bicyclic) bond motifs is 1. The lowest BCUT2D eigenvalue weighted by Crippen LogP contribution is -2.17. The third-order valence-corrected chi connectivity index (χ3v) is 3.92. The Morgan fingerprint density at radius 3 is 2.70 bits per heavy atom. The van der Waals surface area contributed by atoms with Gasteiger partial charge in [0.15, 0.2) is 0 Å². The van der Waals surface area contributed by atoms with Gasteiger partial charge in [-0.1, -0.05) is 42.0 Å². The first kappa shape index (κ1) is 13.2. The van der Waals surface area contributed by atoms with Gasteiger partial charge >= 0.3 is 0 Å². The van der Waals surface area contributed by atoms with Crippen LogP contribution in [0.2, 0.25) is 0 Å². The Kier molecular flexibility index (Phi) is 3.49. The van der Waals surface area contributed by atoms with Crippen molar-refractivity contribution in [2.45, 2.75) is 32.4 Å². The van der Waals surface area contributed by atoms with Gasteiger partial charge in [0.25, 0.3) is 0 Å². The molecule has 20 heavy (non-hydrogen) atoms. The molecule has 0 saturated carbocycles. The second-order valence-corrected chi connectivity index (χ2v) is 5.64. The smallest absolute Gasteiger partial charge is 0.123 e. The molecule has 2 aromatic rings. The van der Waals surface area contributed by atoms with Gasteiger partial charge in [0.05, 0.1) is 6.04 Å². The fourth-order valence-electron chi connectivity index (χ4n) is 3.00. The molecule has 0 radical (unpaired) electrons. The largest absolute Gasteiger partial charge is 0.490 e. The first-order chi connectivity index (χ1) is 9.67. The lowest BCUT2D eigenvalue weighted by Gasteiger charge is -2.18. The van der Waals surface area contributed by atoms with Crippen LogP contribution in [0.15, 0.2) is 42.5 Å². The fourth-order valence-corrected chi connectivity index (χ4v) is 3.00. The van der Waals surface area contributed by atoms with Gasteiger partial charge < -0.3 is 10.1 Å². The van der Waals surface area contributed by atoms with Crippen LogP contribution >= 0.6 is 0 Å². The summed E-state index contributed by atoms with van der Waals surface area (Å²) in [7, 11) is 2.01. The highest BCUT2D eigenvalue weighted by Gasteiger charge is 2.21. The SMILES string of the molecule is CNC(c1cccc(C)c1)c1ccc2c(c1)CC(C)O2. The molecule has 1 aliphatic rings. The number of rotatable bonds is 3. The molecule has 0 aromatic heterocycles. The summed E-state index contributed by atoms with van der Waals surface area (Å²) in [4.78, 5) is 0. The lowest BCUT2D eigenvalue weighted by molar-refractivity contribution is 0.254. The molecule has 2 nitrogen and oxygen atoms in total. The highest BCUT2D eigenvalue weighted by Crippen LogP contribution is 2.32. The predicted octanol–water partition coefficient (Wildman–Crippen LogP) is 3.63. The van der Waals surface area contributed by atoms with Gasteiger partial charge in [0, 0.05) is 6.42 Å². The number of hydrogen-bond donors (Lipinski definition) is 1. The number of benzene rings is 2. The Hall–Kier alpha value is -1.80. The summed E-state index contributed by atoms with van der Waals surface area (Å²) in [5.41, 5.74) is 5.22. The van der Waals surface area contributed by atoms with Crippen LogP contribution in [0.4, 0.5) is 0 Å². The Labute approximate surface area is 120 Å². The normalized spacial score (nSPS) is 18.4. The zero-order chi connectivity index (χ0) is 14.1. The van der Waals surface area contributed by atoms with Crippen molar-refractivity contribution in [1.82, 2.24) is 5.32 Å². The van der Waals surface area contributed by atoms with Crippen LogP contribution in [0.3, 0.4) is 0 Å². The summed E-state index contributed by atoms with van der Waals surface area (Å²) < 4.78 is 5.78. The van der Waals surface area contributed by atoms with Gasteiger partial charge in [-0.3, -0.25) is 0 Å². The van der Waals surface area contributed by atoms with E-state index in [2.05, 4.69) is 61.6 Å². The minimum absolute atomic E-state index is 0.233. The van der Waals surface area contributed by atoms with E-state index in [0.29, 0.717) is 6.10 Å². The van der Waals surface area contributed by atoms with Crippen LogP contribution in [0.5, 0.6) is 5.75 Å². The molecule has 0 aliphatic carbocycles. The zero-order valence-corrected chi connectivity index (χ0v) is 12.3. The molecular formula is C18H21NO. The van der Waals surface area contributed by atoms with E-state index in [-0.39, 0.29) is 6.04 Å². The summed E-state index contributed by atoms with van der Waals surface area (Å²) in [6, 6.07) is 15.5. The molecule has 2 aromatic carbocycles. The molecule has 0 fully saturated rings. The number of hydrogen-bond acceptors (Lipinski definition) is 2. The van der Waals surface area contributed by atoms with E-state index in [9.17, 15) is 0 Å². The van der Waals surface area contributed by atoms with Gasteiger partial charge in [0.2, 0.25) is 0 Å². The van der Waals surface area contributed by atoms with Crippen molar-refractivity contribution >= 4 is 0 Å². The summed E-state index contributed by atoms with van der Waals surface area (Å²) in [5, 5.41) is 3.42. The number of aryl methyl sites for hydroxylation is 1. The monoisotopic (exact) mass is 267 g/mol. The van der Waals surface area contributed by atoms with E-state index in [1.54, 1.807) is 0 Å². The Morgan fingerprint density at radius 1 is 1.15 bits per heavy atom. The number of nitrogens with one attached hydrogen (secondary N) is 1. The van der Waals surface area contributed by atoms with Gasteiger partial charge in [-0.05, 0) is 43.7 Å². The van der Waals surface area contributed by atoms with Crippen LogP contribution in [0.1, 0.15) is 35.2 Å². The minimum Gasteiger partial charge on any atom is -0.490 e.